The molecule has 2 aliphatic heterocycles. The number of piperidine rings is 1. The van der Waals surface area contributed by atoms with Crippen LogP contribution in [0.2, 0.25) is 0 Å². The zero-order chi connectivity index (χ0) is 16.0. The summed E-state index contributed by atoms with van der Waals surface area (Å²) >= 11 is 0. The fourth-order valence-electron chi connectivity index (χ4n) is 4.40. The summed E-state index contributed by atoms with van der Waals surface area (Å²) < 4.78 is 14.1. The van der Waals surface area contributed by atoms with Gasteiger partial charge in [0.2, 0.25) is 0 Å². The lowest BCUT2D eigenvalue weighted by Crippen LogP contribution is -2.63. The highest BCUT2D eigenvalue weighted by Crippen LogP contribution is 2.49. The molecule has 0 unspecified atom stereocenters. The third-order valence-electron chi connectivity index (χ3n) is 5.95. The van der Waals surface area contributed by atoms with Crippen LogP contribution in [-0.4, -0.2) is 42.0 Å². The Bertz CT molecular complexity index is 616. The van der Waals surface area contributed by atoms with E-state index in [-0.39, 0.29) is 5.69 Å². The van der Waals surface area contributed by atoms with Gasteiger partial charge in [-0.1, -0.05) is 6.42 Å². The molecule has 1 aromatic rings. The molecule has 0 N–H and O–H groups in total. The molecule has 2 heterocycles. The van der Waals surface area contributed by atoms with Gasteiger partial charge in [-0.15, -0.1) is 0 Å². The van der Waals surface area contributed by atoms with Crippen LogP contribution in [0.3, 0.4) is 0 Å². The number of anilines is 1. The first kappa shape index (κ1) is 14.9. The van der Waals surface area contributed by atoms with Crippen LogP contribution in [0.4, 0.5) is 15.8 Å². The molecule has 1 spiro atoms. The quantitative estimate of drug-likeness (QED) is 0.634. The molecular formula is C17H22FN3O2. The molecule has 3 fully saturated rings. The van der Waals surface area contributed by atoms with Gasteiger partial charge in [0.15, 0.2) is 5.82 Å². The number of non-ortho nitro benzene ring substituents is 1. The Kier molecular flexibility index (Phi) is 3.52. The fraction of sp³-hybridized carbons (Fsp3) is 0.647. The molecule has 124 valence electrons. The molecule has 1 aromatic carbocycles. The van der Waals surface area contributed by atoms with Crippen LogP contribution in [0.1, 0.15) is 32.1 Å². The van der Waals surface area contributed by atoms with Crippen LogP contribution >= 0.6 is 0 Å². The van der Waals surface area contributed by atoms with Gasteiger partial charge in [-0.2, -0.15) is 0 Å². The van der Waals surface area contributed by atoms with Crippen molar-refractivity contribution in [3.8, 4) is 0 Å². The van der Waals surface area contributed by atoms with Crippen molar-refractivity contribution in [1.29, 1.82) is 0 Å². The Hall–Kier alpha value is -1.69. The maximum Gasteiger partial charge on any atom is 0.272 e. The summed E-state index contributed by atoms with van der Waals surface area (Å²) in [7, 11) is 0. The molecule has 0 atom stereocenters. The normalized spacial score (nSPS) is 24.3. The number of nitro groups is 1. The van der Waals surface area contributed by atoms with Crippen LogP contribution in [0.15, 0.2) is 18.2 Å². The lowest BCUT2D eigenvalue weighted by atomic mass is 9.63. The van der Waals surface area contributed by atoms with E-state index in [1.165, 1.54) is 38.4 Å². The highest BCUT2D eigenvalue weighted by Gasteiger charge is 2.49. The third-order valence-corrected chi connectivity index (χ3v) is 5.95. The molecule has 3 aliphatic rings. The monoisotopic (exact) mass is 319 g/mol. The third kappa shape index (κ3) is 2.59. The summed E-state index contributed by atoms with van der Waals surface area (Å²) in [5, 5.41) is 10.7. The van der Waals surface area contributed by atoms with E-state index < -0.39 is 10.7 Å². The zero-order valence-corrected chi connectivity index (χ0v) is 13.2. The molecule has 0 bridgehead atoms. The standard InChI is InChI=1S/C17H22FN3O2/c18-15-10-14(21(22)23)2-3-16(15)19-8-4-13(5-9-19)20-11-17(12-20)6-1-7-17/h2-3,10,13H,1,4-9,11-12H2. The van der Waals surface area contributed by atoms with E-state index in [0.29, 0.717) is 17.1 Å². The van der Waals surface area contributed by atoms with E-state index in [1.54, 1.807) is 6.07 Å². The van der Waals surface area contributed by atoms with E-state index in [2.05, 4.69) is 4.90 Å². The number of hydrogen-bond donors (Lipinski definition) is 0. The van der Waals surface area contributed by atoms with Gasteiger partial charge >= 0.3 is 0 Å². The summed E-state index contributed by atoms with van der Waals surface area (Å²) in [6.45, 7) is 4.15. The summed E-state index contributed by atoms with van der Waals surface area (Å²) in [6, 6.07) is 4.58. The highest BCUT2D eigenvalue weighted by molar-refractivity contribution is 5.52. The smallest absolute Gasteiger partial charge is 0.272 e. The summed E-state index contributed by atoms with van der Waals surface area (Å²) in [5.41, 5.74) is 0.961. The SMILES string of the molecule is O=[N+]([O-])c1ccc(N2CCC(N3CC4(CCC4)C3)CC2)c(F)c1. The molecule has 0 radical (unpaired) electrons. The van der Waals surface area contributed by atoms with Gasteiger partial charge in [-0.3, -0.25) is 15.0 Å². The second kappa shape index (κ2) is 5.44. The molecular weight excluding hydrogens is 297 g/mol. The van der Waals surface area contributed by atoms with E-state index in [4.69, 9.17) is 0 Å². The number of benzene rings is 1. The average molecular weight is 319 g/mol. The molecule has 6 heteroatoms. The second-order valence-corrected chi connectivity index (χ2v) is 7.37. The van der Waals surface area contributed by atoms with Gasteiger partial charge in [0.1, 0.15) is 0 Å². The first-order valence-corrected chi connectivity index (χ1v) is 8.49. The van der Waals surface area contributed by atoms with Crippen molar-refractivity contribution in [2.45, 2.75) is 38.1 Å². The number of halogens is 1. The molecule has 0 amide bonds. The fourth-order valence-corrected chi connectivity index (χ4v) is 4.40. The predicted molar refractivity (Wildman–Crippen MR) is 86.1 cm³/mol. The minimum atomic E-state index is -0.556. The molecule has 4 rings (SSSR count). The Morgan fingerprint density at radius 3 is 2.43 bits per heavy atom. The van der Waals surface area contributed by atoms with Gasteiger partial charge in [-0.25, -0.2) is 4.39 Å². The maximum absolute atomic E-state index is 14.1. The molecule has 1 saturated carbocycles. The van der Waals surface area contributed by atoms with Crippen molar-refractivity contribution in [3.63, 3.8) is 0 Å². The number of nitrogens with zero attached hydrogens (tertiary/aromatic N) is 3. The minimum absolute atomic E-state index is 0.187. The number of hydrogen-bond acceptors (Lipinski definition) is 4. The van der Waals surface area contributed by atoms with Gasteiger partial charge in [0.05, 0.1) is 16.7 Å². The van der Waals surface area contributed by atoms with Crippen molar-refractivity contribution in [2.24, 2.45) is 5.41 Å². The molecule has 5 nitrogen and oxygen atoms in total. The average Bonchev–Trinajstić information content (AvgIpc) is 2.45. The van der Waals surface area contributed by atoms with Gasteiger partial charge < -0.3 is 4.90 Å². The number of nitro benzene ring substituents is 1. The van der Waals surface area contributed by atoms with Crippen LogP contribution in [0.25, 0.3) is 0 Å². The van der Waals surface area contributed by atoms with Gasteiger partial charge in [-0.05, 0) is 37.2 Å². The summed E-state index contributed by atoms with van der Waals surface area (Å²) in [6.07, 6.45) is 6.29. The van der Waals surface area contributed by atoms with E-state index in [9.17, 15) is 14.5 Å². The van der Waals surface area contributed by atoms with Gasteiger partial charge in [0, 0.05) is 38.3 Å². The second-order valence-electron chi connectivity index (χ2n) is 7.37. The summed E-state index contributed by atoms with van der Waals surface area (Å²) in [4.78, 5) is 14.8. The minimum Gasteiger partial charge on any atom is -0.369 e. The van der Waals surface area contributed by atoms with Crippen LogP contribution in [0.5, 0.6) is 0 Å². The van der Waals surface area contributed by atoms with Crippen molar-refractivity contribution in [1.82, 2.24) is 4.90 Å². The first-order chi connectivity index (χ1) is 11.1. The Balaban J connectivity index is 1.35. The number of rotatable bonds is 3. The molecule has 1 aliphatic carbocycles. The van der Waals surface area contributed by atoms with Crippen LogP contribution in [-0.2, 0) is 0 Å². The predicted octanol–water partition coefficient (Wildman–Crippen LogP) is 3.19. The van der Waals surface area contributed by atoms with E-state index in [0.717, 1.165) is 32.0 Å². The first-order valence-electron chi connectivity index (χ1n) is 8.49. The van der Waals surface area contributed by atoms with Gasteiger partial charge in [0.25, 0.3) is 5.69 Å². The van der Waals surface area contributed by atoms with Crippen LogP contribution < -0.4 is 4.90 Å². The van der Waals surface area contributed by atoms with E-state index in [1.807, 2.05) is 4.90 Å². The van der Waals surface area contributed by atoms with Crippen molar-refractivity contribution < 1.29 is 9.31 Å². The topological polar surface area (TPSA) is 49.6 Å². The van der Waals surface area contributed by atoms with Crippen molar-refractivity contribution >= 4 is 11.4 Å². The van der Waals surface area contributed by atoms with E-state index >= 15 is 0 Å². The zero-order valence-electron chi connectivity index (χ0n) is 13.2. The number of likely N-dealkylation sites (tertiary alicyclic amines) is 1. The van der Waals surface area contributed by atoms with Crippen molar-refractivity contribution in [3.05, 3.63) is 34.1 Å². The molecule has 2 saturated heterocycles. The lowest BCUT2D eigenvalue weighted by Gasteiger charge is -2.59. The Labute approximate surface area is 135 Å². The largest absolute Gasteiger partial charge is 0.369 e. The lowest BCUT2D eigenvalue weighted by molar-refractivity contribution is -0.385. The Morgan fingerprint density at radius 1 is 1.22 bits per heavy atom. The molecule has 23 heavy (non-hydrogen) atoms. The van der Waals surface area contributed by atoms with Crippen molar-refractivity contribution in [2.75, 3.05) is 31.1 Å². The maximum atomic E-state index is 14.1. The van der Waals surface area contributed by atoms with Crippen LogP contribution in [0, 0.1) is 21.3 Å². The highest BCUT2D eigenvalue weighted by atomic mass is 19.1. The molecule has 0 aromatic heterocycles. The Morgan fingerprint density at radius 2 is 1.91 bits per heavy atom. The summed E-state index contributed by atoms with van der Waals surface area (Å²) in [5.74, 6) is -0.491.